The summed E-state index contributed by atoms with van der Waals surface area (Å²) in [7, 11) is -9.09. The molecule has 0 spiro atoms. The summed E-state index contributed by atoms with van der Waals surface area (Å²) in [5, 5.41) is 18.8. The normalized spacial score (nSPS) is 12.9. The molecule has 3 aromatic carbocycles. The standard InChI is InChI=1S/C20H19N5O8S2/c21-14-5-8-18(17(22)9-14)24-23-15-6-3-12(19(10-15)34(28,29)30)1-2-13-4-7-16(25(26)27)11-20(13)35(31,32)33/h1-11,31-33H,21-22H2,(H,28,29,30). The van der Waals surface area contributed by atoms with Gasteiger partial charge in [-0.25, -0.2) is 0 Å². The quantitative estimate of drug-likeness (QED) is 0.0595. The van der Waals surface area contributed by atoms with Gasteiger partial charge in [0.1, 0.15) is 21.5 Å². The summed E-state index contributed by atoms with van der Waals surface area (Å²) in [6, 6.07) is 11.3. The van der Waals surface area contributed by atoms with Crippen LogP contribution in [0.15, 0.2) is 74.6 Å². The van der Waals surface area contributed by atoms with Crippen molar-refractivity contribution in [2.24, 2.45) is 10.2 Å². The molecule has 0 unspecified atom stereocenters. The second-order valence-corrected chi connectivity index (χ2v) is 9.91. The summed E-state index contributed by atoms with van der Waals surface area (Å²) < 4.78 is 62.5. The Morgan fingerprint density at radius 1 is 0.829 bits per heavy atom. The zero-order valence-corrected chi connectivity index (χ0v) is 19.2. The molecule has 0 radical (unpaired) electrons. The van der Waals surface area contributed by atoms with Crippen LogP contribution in [0.5, 0.6) is 0 Å². The van der Waals surface area contributed by atoms with Crippen LogP contribution in [0.2, 0.25) is 0 Å². The van der Waals surface area contributed by atoms with Crippen LogP contribution in [-0.4, -0.2) is 31.6 Å². The first-order valence-electron chi connectivity index (χ1n) is 9.41. The monoisotopic (exact) mass is 521 g/mol. The van der Waals surface area contributed by atoms with E-state index in [2.05, 4.69) is 10.2 Å². The lowest BCUT2D eigenvalue weighted by Gasteiger charge is -2.21. The first kappa shape index (κ1) is 25.8. The van der Waals surface area contributed by atoms with Crippen LogP contribution >= 0.6 is 10.9 Å². The smallest absolute Gasteiger partial charge is 0.295 e. The molecule has 0 aromatic heterocycles. The van der Waals surface area contributed by atoms with Crippen molar-refractivity contribution in [2.75, 3.05) is 11.5 Å². The highest BCUT2D eigenvalue weighted by atomic mass is 32.3. The number of hydrogen-bond acceptors (Lipinski definition) is 11. The lowest BCUT2D eigenvalue weighted by Crippen LogP contribution is -2.01. The third-order valence-electron chi connectivity index (χ3n) is 4.55. The molecule has 0 bridgehead atoms. The van der Waals surface area contributed by atoms with Gasteiger partial charge in [-0.2, -0.15) is 13.5 Å². The number of nitrogens with zero attached hydrogens (tertiary/aromatic N) is 3. The molecule has 8 N–H and O–H groups in total. The second-order valence-electron chi connectivity index (χ2n) is 7.05. The maximum atomic E-state index is 12.0. The molecule has 0 aliphatic rings. The number of rotatable bonds is 7. The molecule has 0 heterocycles. The van der Waals surface area contributed by atoms with Crippen molar-refractivity contribution in [1.82, 2.24) is 0 Å². The van der Waals surface area contributed by atoms with Crippen LogP contribution in [0.25, 0.3) is 12.2 Å². The highest BCUT2D eigenvalue weighted by Crippen LogP contribution is 2.47. The van der Waals surface area contributed by atoms with E-state index in [1.807, 2.05) is 0 Å². The fraction of sp³-hybridized carbons (Fsp3) is 0. The third-order valence-corrected chi connectivity index (χ3v) is 6.40. The summed E-state index contributed by atoms with van der Waals surface area (Å²) in [4.78, 5) is 9.09. The van der Waals surface area contributed by atoms with Crippen LogP contribution in [0.1, 0.15) is 11.1 Å². The van der Waals surface area contributed by atoms with Gasteiger partial charge >= 0.3 is 0 Å². The molecular formula is C20H19N5O8S2. The lowest BCUT2D eigenvalue weighted by molar-refractivity contribution is -0.385. The average molecular weight is 522 g/mol. The Morgan fingerprint density at radius 3 is 2.03 bits per heavy atom. The number of nitrogens with two attached hydrogens (primary N) is 2. The number of nitro groups is 1. The minimum atomic E-state index is -4.74. The van der Waals surface area contributed by atoms with Crippen LogP contribution in [0.3, 0.4) is 0 Å². The zero-order valence-electron chi connectivity index (χ0n) is 17.6. The second kappa shape index (κ2) is 9.79. The van der Waals surface area contributed by atoms with E-state index in [9.17, 15) is 36.7 Å². The third kappa shape index (κ3) is 6.38. The predicted molar refractivity (Wildman–Crippen MR) is 131 cm³/mol. The Hall–Kier alpha value is -3.86. The van der Waals surface area contributed by atoms with Crippen molar-refractivity contribution in [3.63, 3.8) is 0 Å². The Bertz CT molecular complexity index is 1470. The van der Waals surface area contributed by atoms with Gasteiger partial charge in [-0.1, -0.05) is 18.2 Å². The summed E-state index contributed by atoms with van der Waals surface area (Å²) in [5.74, 6) is 0. The SMILES string of the molecule is Nc1ccc(N=Nc2ccc(C=Cc3ccc([N+](=O)[O-])cc3S(O)(O)O)c(S(=O)(=O)O)c2)c(N)c1. The van der Waals surface area contributed by atoms with E-state index < -0.39 is 41.4 Å². The van der Waals surface area contributed by atoms with E-state index >= 15 is 0 Å². The summed E-state index contributed by atoms with van der Waals surface area (Å²) in [5.41, 5.74) is 11.9. The first-order valence-corrected chi connectivity index (χ1v) is 12.4. The van der Waals surface area contributed by atoms with E-state index in [-0.39, 0.29) is 28.2 Å². The Labute approximate surface area is 200 Å². The van der Waals surface area contributed by atoms with Crippen molar-refractivity contribution in [1.29, 1.82) is 0 Å². The molecule has 0 atom stereocenters. The summed E-state index contributed by atoms with van der Waals surface area (Å²) in [6.07, 6.45) is 2.38. The van der Waals surface area contributed by atoms with Crippen LogP contribution in [0, 0.1) is 10.1 Å². The van der Waals surface area contributed by atoms with Crippen molar-refractivity contribution in [3.8, 4) is 0 Å². The van der Waals surface area contributed by atoms with E-state index in [0.29, 0.717) is 5.69 Å². The van der Waals surface area contributed by atoms with Gasteiger partial charge in [0.2, 0.25) is 0 Å². The highest BCUT2D eigenvalue weighted by Gasteiger charge is 2.23. The molecule has 13 nitrogen and oxygen atoms in total. The molecular weight excluding hydrogens is 502 g/mol. The van der Waals surface area contributed by atoms with E-state index in [1.54, 1.807) is 6.07 Å². The van der Waals surface area contributed by atoms with Crippen LogP contribution in [-0.2, 0) is 10.1 Å². The summed E-state index contributed by atoms with van der Waals surface area (Å²) >= 11 is 0. The summed E-state index contributed by atoms with van der Waals surface area (Å²) in [6.45, 7) is 0. The predicted octanol–water partition coefficient (Wildman–Crippen LogP) is 5.17. The van der Waals surface area contributed by atoms with Crippen LogP contribution < -0.4 is 11.5 Å². The fourth-order valence-corrected chi connectivity index (χ4v) is 4.35. The van der Waals surface area contributed by atoms with Gasteiger partial charge in [0, 0.05) is 17.8 Å². The van der Waals surface area contributed by atoms with Crippen molar-refractivity contribution in [3.05, 3.63) is 75.8 Å². The average Bonchev–Trinajstić information content (AvgIpc) is 2.76. The first-order chi connectivity index (χ1) is 16.3. The Morgan fingerprint density at radius 2 is 1.46 bits per heavy atom. The Kier molecular flexibility index (Phi) is 7.20. The molecule has 15 heteroatoms. The number of azo groups is 1. The molecule has 35 heavy (non-hydrogen) atoms. The van der Waals surface area contributed by atoms with Gasteiger partial charge in [0.05, 0.1) is 21.2 Å². The maximum Gasteiger partial charge on any atom is 0.295 e. The van der Waals surface area contributed by atoms with Crippen molar-refractivity contribution in [2.45, 2.75) is 9.79 Å². The number of benzene rings is 3. The number of nitro benzene ring substituents is 1. The molecule has 0 saturated carbocycles. The molecule has 184 valence electrons. The van der Waals surface area contributed by atoms with Gasteiger partial charge in [0.15, 0.2) is 0 Å². The molecule has 0 fully saturated rings. The van der Waals surface area contributed by atoms with Crippen LogP contribution in [0.4, 0.5) is 28.4 Å². The van der Waals surface area contributed by atoms with Crippen molar-refractivity contribution < 1.29 is 31.6 Å². The van der Waals surface area contributed by atoms with Gasteiger partial charge in [-0.15, -0.1) is 5.11 Å². The molecule has 0 aliphatic heterocycles. The maximum absolute atomic E-state index is 12.0. The topological polar surface area (TPSA) is 235 Å². The molecule has 0 amide bonds. The van der Waals surface area contributed by atoms with E-state index in [1.165, 1.54) is 36.4 Å². The van der Waals surface area contributed by atoms with Gasteiger partial charge in [-0.05, 0) is 47.5 Å². The minimum Gasteiger partial charge on any atom is -0.399 e. The fourth-order valence-electron chi connectivity index (χ4n) is 2.91. The number of anilines is 2. The molecule has 3 rings (SSSR count). The number of non-ortho nitro benzene ring substituents is 1. The molecule has 3 aromatic rings. The van der Waals surface area contributed by atoms with Gasteiger partial charge in [0.25, 0.3) is 15.8 Å². The largest absolute Gasteiger partial charge is 0.399 e. The number of hydrogen-bond donors (Lipinski definition) is 6. The Balaban J connectivity index is 2.02. The number of nitrogen functional groups attached to an aromatic ring is 2. The van der Waals surface area contributed by atoms with Gasteiger partial charge in [-0.3, -0.25) is 14.7 Å². The zero-order chi connectivity index (χ0) is 26.0. The molecule has 0 aliphatic carbocycles. The van der Waals surface area contributed by atoms with Gasteiger partial charge < -0.3 is 25.1 Å². The minimum absolute atomic E-state index is 0.0304. The van der Waals surface area contributed by atoms with E-state index in [0.717, 1.165) is 24.3 Å². The van der Waals surface area contributed by atoms with E-state index in [4.69, 9.17) is 11.5 Å². The lowest BCUT2D eigenvalue weighted by atomic mass is 10.1. The highest BCUT2D eigenvalue weighted by molar-refractivity contribution is 8.19. The van der Waals surface area contributed by atoms with Crippen molar-refractivity contribution >= 4 is 61.6 Å². The molecule has 0 saturated heterocycles.